The zero-order valence-corrected chi connectivity index (χ0v) is 14.6. The maximum Gasteiger partial charge on any atom is 0.409 e. The average molecular weight is 372 g/mol. The number of nitrogens with one attached hydrogen (secondary N) is 1. The van der Waals surface area contributed by atoms with E-state index in [0.29, 0.717) is 32.7 Å². The van der Waals surface area contributed by atoms with Crippen LogP contribution in [0.5, 0.6) is 0 Å². The van der Waals surface area contributed by atoms with Crippen molar-refractivity contribution < 1.29 is 22.9 Å². The van der Waals surface area contributed by atoms with Gasteiger partial charge in [-0.05, 0) is 6.07 Å². The number of para-hydroxylation sites is 1. The molecule has 0 aliphatic carbocycles. The van der Waals surface area contributed by atoms with Gasteiger partial charge in [-0.15, -0.1) is 0 Å². The Morgan fingerprint density at radius 1 is 1.28 bits per heavy atom. The number of piperazine rings is 1. The number of carbonyl (C=O) groups is 1. The van der Waals surface area contributed by atoms with E-state index >= 15 is 0 Å². The summed E-state index contributed by atoms with van der Waals surface area (Å²) in [6.45, 7) is 2.76. The highest BCUT2D eigenvalue weighted by Crippen LogP contribution is 2.22. The number of carbonyl (C=O) groups excluding carboxylic acids is 1. The molecule has 0 saturated carbocycles. The van der Waals surface area contributed by atoms with Gasteiger partial charge in [-0.25, -0.2) is 17.9 Å². The molecule has 1 aliphatic rings. The van der Waals surface area contributed by atoms with Crippen LogP contribution in [0.2, 0.25) is 0 Å². The second kappa shape index (κ2) is 8.23. The van der Waals surface area contributed by atoms with Crippen LogP contribution in [0.25, 0.3) is 0 Å². The first-order valence-corrected chi connectivity index (χ1v) is 9.12. The normalized spacial score (nSPS) is 15.8. The van der Waals surface area contributed by atoms with Crippen molar-refractivity contribution in [1.82, 2.24) is 14.5 Å². The van der Waals surface area contributed by atoms with Gasteiger partial charge in [0, 0.05) is 45.3 Å². The Morgan fingerprint density at radius 2 is 1.92 bits per heavy atom. The van der Waals surface area contributed by atoms with Crippen LogP contribution in [-0.4, -0.2) is 75.6 Å². The molecule has 2 rings (SSSR count). The van der Waals surface area contributed by atoms with Gasteiger partial charge in [0.15, 0.2) is 4.90 Å². The van der Waals surface area contributed by atoms with E-state index in [1.165, 1.54) is 25.3 Å². The van der Waals surface area contributed by atoms with Crippen molar-refractivity contribution in [3.8, 4) is 0 Å². The molecule has 1 aliphatic heterocycles. The number of rotatable bonds is 6. The van der Waals surface area contributed by atoms with Crippen molar-refractivity contribution in [2.24, 2.45) is 0 Å². The number of sulfonamides is 1. The molecule has 1 N–H and O–H groups in total. The molecule has 1 amide bonds. The maximum absolute atomic E-state index is 12.3. The molecule has 11 heteroatoms. The monoisotopic (exact) mass is 372 g/mol. The lowest BCUT2D eigenvalue weighted by molar-refractivity contribution is -0.387. The summed E-state index contributed by atoms with van der Waals surface area (Å²) in [5, 5.41) is 11.0. The van der Waals surface area contributed by atoms with E-state index in [0.717, 1.165) is 6.07 Å². The second-order valence-corrected chi connectivity index (χ2v) is 7.16. The SMILES string of the molecule is COC(=O)N1CCN(CCNS(=O)(=O)c2ccccc2[N+](=O)[O-])CC1. The number of nitrogens with zero attached hydrogens (tertiary/aromatic N) is 3. The van der Waals surface area contributed by atoms with Gasteiger partial charge in [0.05, 0.1) is 12.0 Å². The number of hydrogen-bond donors (Lipinski definition) is 1. The van der Waals surface area contributed by atoms with Crippen LogP contribution >= 0.6 is 0 Å². The van der Waals surface area contributed by atoms with E-state index in [4.69, 9.17) is 0 Å². The molecule has 10 nitrogen and oxygen atoms in total. The number of ether oxygens (including phenoxy) is 1. The molecule has 1 aromatic rings. The van der Waals surface area contributed by atoms with Gasteiger partial charge in [0.25, 0.3) is 5.69 Å². The Bertz CT molecular complexity index is 731. The predicted molar refractivity (Wildman–Crippen MR) is 88.7 cm³/mol. The third kappa shape index (κ3) is 4.87. The van der Waals surface area contributed by atoms with E-state index < -0.39 is 20.6 Å². The summed E-state index contributed by atoms with van der Waals surface area (Å²) in [6, 6.07) is 5.21. The summed E-state index contributed by atoms with van der Waals surface area (Å²) < 4.78 is 31.6. The van der Waals surface area contributed by atoms with Crippen molar-refractivity contribution in [3.05, 3.63) is 34.4 Å². The van der Waals surface area contributed by atoms with Gasteiger partial charge in [0.1, 0.15) is 0 Å². The van der Waals surface area contributed by atoms with E-state index in [1.54, 1.807) is 4.90 Å². The van der Waals surface area contributed by atoms with Crippen LogP contribution in [0.4, 0.5) is 10.5 Å². The van der Waals surface area contributed by atoms with Crippen LogP contribution in [0.1, 0.15) is 0 Å². The molecular formula is C14H20N4O6S. The highest BCUT2D eigenvalue weighted by Gasteiger charge is 2.25. The summed E-state index contributed by atoms with van der Waals surface area (Å²) in [5.41, 5.74) is -0.457. The number of hydrogen-bond acceptors (Lipinski definition) is 7. The molecule has 0 radical (unpaired) electrons. The quantitative estimate of drug-likeness (QED) is 0.561. The van der Waals surface area contributed by atoms with Crippen LogP contribution in [-0.2, 0) is 14.8 Å². The minimum atomic E-state index is -3.97. The van der Waals surface area contributed by atoms with E-state index in [2.05, 4.69) is 9.46 Å². The van der Waals surface area contributed by atoms with Crippen molar-refractivity contribution in [2.45, 2.75) is 4.90 Å². The van der Waals surface area contributed by atoms with Crippen LogP contribution in [0.15, 0.2) is 29.2 Å². The third-order valence-electron chi connectivity index (χ3n) is 3.88. The highest BCUT2D eigenvalue weighted by molar-refractivity contribution is 7.89. The average Bonchev–Trinajstić information content (AvgIpc) is 2.61. The maximum atomic E-state index is 12.3. The zero-order valence-electron chi connectivity index (χ0n) is 13.8. The fraction of sp³-hybridized carbons (Fsp3) is 0.500. The summed E-state index contributed by atoms with van der Waals surface area (Å²) in [4.78, 5) is 24.9. The molecule has 138 valence electrons. The standard InChI is InChI=1S/C14H20N4O6S/c1-24-14(19)17-10-8-16(9-11-17)7-6-15-25(22,23)13-5-3-2-4-12(13)18(20)21/h2-5,15H,6-11H2,1H3. The number of benzene rings is 1. The Morgan fingerprint density at radius 3 is 2.52 bits per heavy atom. The summed E-state index contributed by atoms with van der Waals surface area (Å²) in [5.74, 6) is 0. The summed E-state index contributed by atoms with van der Waals surface area (Å²) in [6.07, 6.45) is -0.378. The number of nitro groups is 1. The molecule has 1 fully saturated rings. The molecule has 0 aromatic heterocycles. The van der Waals surface area contributed by atoms with Crippen LogP contribution < -0.4 is 4.72 Å². The van der Waals surface area contributed by atoms with Gasteiger partial charge in [-0.3, -0.25) is 15.0 Å². The Kier molecular flexibility index (Phi) is 6.28. The molecule has 0 bridgehead atoms. The summed E-state index contributed by atoms with van der Waals surface area (Å²) >= 11 is 0. The topological polar surface area (TPSA) is 122 Å². The predicted octanol–water partition coefficient (Wildman–Crippen LogP) is 0.257. The third-order valence-corrected chi connectivity index (χ3v) is 5.39. The van der Waals surface area contributed by atoms with Crippen molar-refractivity contribution in [1.29, 1.82) is 0 Å². The molecule has 1 heterocycles. The number of nitro benzene ring substituents is 1. The first kappa shape index (κ1) is 19.1. The van der Waals surface area contributed by atoms with Gasteiger partial charge >= 0.3 is 6.09 Å². The minimum absolute atomic E-state index is 0.118. The van der Waals surface area contributed by atoms with E-state index in [9.17, 15) is 23.3 Å². The lowest BCUT2D eigenvalue weighted by atomic mass is 10.3. The first-order valence-electron chi connectivity index (χ1n) is 7.63. The Labute approximate surface area is 145 Å². The zero-order chi connectivity index (χ0) is 18.4. The van der Waals surface area contributed by atoms with Crippen LogP contribution in [0, 0.1) is 10.1 Å². The number of methoxy groups -OCH3 is 1. The first-order chi connectivity index (χ1) is 11.8. The second-order valence-electron chi connectivity index (χ2n) is 5.42. The van der Waals surface area contributed by atoms with Crippen molar-refractivity contribution in [2.75, 3.05) is 46.4 Å². The molecule has 0 spiro atoms. The highest BCUT2D eigenvalue weighted by atomic mass is 32.2. The lowest BCUT2D eigenvalue weighted by Gasteiger charge is -2.33. The summed E-state index contributed by atoms with van der Waals surface area (Å²) in [7, 11) is -2.64. The minimum Gasteiger partial charge on any atom is -0.453 e. The molecular weight excluding hydrogens is 352 g/mol. The molecule has 0 atom stereocenters. The fourth-order valence-electron chi connectivity index (χ4n) is 2.53. The van der Waals surface area contributed by atoms with Crippen molar-refractivity contribution in [3.63, 3.8) is 0 Å². The number of amides is 1. The molecule has 1 saturated heterocycles. The Hall–Kier alpha value is -2.24. The van der Waals surface area contributed by atoms with Gasteiger partial charge in [-0.2, -0.15) is 0 Å². The fourth-order valence-corrected chi connectivity index (χ4v) is 3.73. The van der Waals surface area contributed by atoms with Gasteiger partial charge in [-0.1, -0.05) is 12.1 Å². The van der Waals surface area contributed by atoms with Gasteiger partial charge < -0.3 is 9.64 Å². The van der Waals surface area contributed by atoms with Gasteiger partial charge in [0.2, 0.25) is 10.0 Å². The smallest absolute Gasteiger partial charge is 0.409 e. The Balaban J connectivity index is 1.88. The van der Waals surface area contributed by atoms with Crippen LogP contribution in [0.3, 0.4) is 0 Å². The van der Waals surface area contributed by atoms with E-state index in [-0.39, 0.29) is 17.5 Å². The lowest BCUT2D eigenvalue weighted by Crippen LogP contribution is -2.50. The molecule has 1 aromatic carbocycles. The van der Waals surface area contributed by atoms with Crippen molar-refractivity contribution >= 4 is 21.8 Å². The molecule has 25 heavy (non-hydrogen) atoms. The van der Waals surface area contributed by atoms with E-state index in [1.807, 2.05) is 4.90 Å². The largest absolute Gasteiger partial charge is 0.453 e. The molecule has 0 unspecified atom stereocenters.